The number of hydrogen-bond donors (Lipinski definition) is 0. The summed E-state index contributed by atoms with van der Waals surface area (Å²) in [5.74, 6) is -0.107. The number of methoxy groups -OCH3 is 1. The minimum Gasteiger partial charge on any atom is -0.482 e. The van der Waals surface area contributed by atoms with E-state index in [-0.39, 0.29) is 12.2 Å². The summed E-state index contributed by atoms with van der Waals surface area (Å²) < 4.78 is 78.6. The van der Waals surface area contributed by atoms with E-state index in [0.717, 1.165) is 15.9 Å². The summed E-state index contributed by atoms with van der Waals surface area (Å²) in [6.45, 7) is 4.88. The molecule has 1 aliphatic rings. The molecule has 2 aromatic carbocycles. The molecule has 0 saturated carbocycles. The molecule has 0 amide bonds. The fourth-order valence-electron chi connectivity index (χ4n) is 3.99. The first-order valence-corrected chi connectivity index (χ1v) is 12.0. The van der Waals surface area contributed by atoms with E-state index in [0.29, 0.717) is 42.2 Å². The van der Waals surface area contributed by atoms with Crippen LogP contribution in [0.15, 0.2) is 47.9 Å². The molecule has 0 heterocycles. The maximum absolute atomic E-state index is 13.5. The molecule has 10 heteroatoms. The van der Waals surface area contributed by atoms with Crippen molar-refractivity contribution in [1.29, 1.82) is 0 Å². The topological polar surface area (TPSA) is 72.9 Å². The van der Waals surface area contributed by atoms with Crippen LogP contribution in [0.4, 0.5) is 13.2 Å². The van der Waals surface area contributed by atoms with Crippen molar-refractivity contribution in [2.24, 2.45) is 0 Å². The highest BCUT2D eigenvalue weighted by Gasteiger charge is 2.36. The van der Waals surface area contributed by atoms with E-state index in [1.807, 2.05) is 0 Å². The first kappa shape index (κ1) is 25.8. The number of nitrogens with zero attached hydrogens (tertiary/aromatic N) is 1. The van der Waals surface area contributed by atoms with Gasteiger partial charge in [0.05, 0.1) is 23.6 Å². The largest absolute Gasteiger partial charge is 0.482 e. The van der Waals surface area contributed by atoms with Gasteiger partial charge in [0.2, 0.25) is 10.0 Å². The Labute approximate surface area is 197 Å². The number of carbonyl (C=O) groups is 1. The molecule has 3 rings (SSSR count). The molecule has 1 aliphatic carbocycles. The van der Waals surface area contributed by atoms with E-state index in [1.54, 1.807) is 18.2 Å². The second-order valence-electron chi connectivity index (χ2n) is 8.14. The summed E-state index contributed by atoms with van der Waals surface area (Å²) >= 11 is 0. The Morgan fingerprint density at radius 3 is 2.56 bits per heavy atom. The number of halogens is 3. The molecule has 34 heavy (non-hydrogen) atoms. The predicted octanol–water partition coefficient (Wildman–Crippen LogP) is 4.99. The van der Waals surface area contributed by atoms with E-state index < -0.39 is 38.7 Å². The summed E-state index contributed by atoms with van der Waals surface area (Å²) in [5, 5.41) is 0. The summed E-state index contributed by atoms with van der Waals surface area (Å²) in [7, 11) is -1.68. The summed E-state index contributed by atoms with van der Waals surface area (Å²) in [6.07, 6.45) is -2.98. The van der Waals surface area contributed by atoms with Gasteiger partial charge in [0.1, 0.15) is 5.75 Å². The summed E-state index contributed by atoms with van der Waals surface area (Å²) in [4.78, 5) is 11.0. The van der Waals surface area contributed by atoms with Crippen molar-refractivity contribution in [3.8, 4) is 5.75 Å². The Morgan fingerprint density at radius 2 is 1.94 bits per heavy atom. The van der Waals surface area contributed by atoms with Crippen molar-refractivity contribution in [1.82, 2.24) is 4.31 Å². The number of esters is 1. The van der Waals surface area contributed by atoms with Crippen LogP contribution in [0.2, 0.25) is 0 Å². The van der Waals surface area contributed by atoms with Gasteiger partial charge in [0.15, 0.2) is 6.61 Å². The van der Waals surface area contributed by atoms with Gasteiger partial charge < -0.3 is 9.47 Å². The number of hydrogen-bond acceptors (Lipinski definition) is 5. The van der Waals surface area contributed by atoms with Crippen LogP contribution in [0.3, 0.4) is 0 Å². The standard InChI is InChI=1S/C24H26F3NO5S/c1-15(2)16-11-17(24(25,26)27)13-18(12-16)34(30,31)28(3)21-9-5-8-20-19(21)7-6-10-22(20)33-14-23(29)32-4/h6-7,10-13,21H,1,5,8-9,14H2,2-4H3. The van der Waals surface area contributed by atoms with Crippen LogP contribution in [-0.2, 0) is 32.2 Å². The molecule has 0 radical (unpaired) electrons. The predicted molar refractivity (Wildman–Crippen MR) is 121 cm³/mol. The number of alkyl halides is 3. The van der Waals surface area contributed by atoms with Crippen LogP contribution in [0.25, 0.3) is 5.57 Å². The highest BCUT2D eigenvalue weighted by atomic mass is 32.2. The van der Waals surface area contributed by atoms with Crippen LogP contribution in [0.5, 0.6) is 5.75 Å². The third kappa shape index (κ3) is 5.28. The van der Waals surface area contributed by atoms with Crippen LogP contribution in [0, 0.1) is 0 Å². The van der Waals surface area contributed by atoms with E-state index in [9.17, 15) is 26.4 Å². The van der Waals surface area contributed by atoms with Crippen molar-refractivity contribution in [2.45, 2.75) is 43.3 Å². The number of sulfonamides is 1. The molecule has 0 spiro atoms. The Kier molecular flexibility index (Phi) is 7.42. The normalized spacial score (nSPS) is 16.1. The number of carbonyl (C=O) groups excluding carboxylic acids is 1. The number of ether oxygens (including phenoxy) is 2. The fourth-order valence-corrected chi connectivity index (χ4v) is 5.43. The van der Waals surface area contributed by atoms with Crippen LogP contribution >= 0.6 is 0 Å². The summed E-state index contributed by atoms with van der Waals surface area (Å²) in [5.41, 5.74) is 0.815. The molecular weight excluding hydrogens is 471 g/mol. The van der Waals surface area contributed by atoms with E-state index in [1.165, 1.54) is 27.1 Å². The molecule has 0 aliphatic heterocycles. The van der Waals surface area contributed by atoms with Gasteiger partial charge in [0.25, 0.3) is 0 Å². The Balaban J connectivity index is 2.01. The molecule has 1 unspecified atom stereocenters. The van der Waals surface area contributed by atoms with Crippen LogP contribution < -0.4 is 4.74 Å². The maximum Gasteiger partial charge on any atom is 0.416 e. The molecule has 0 aromatic heterocycles. The summed E-state index contributed by atoms with van der Waals surface area (Å²) in [6, 6.07) is 7.28. The third-order valence-electron chi connectivity index (χ3n) is 5.85. The van der Waals surface area contributed by atoms with E-state index >= 15 is 0 Å². The second-order valence-corrected chi connectivity index (χ2v) is 10.1. The van der Waals surface area contributed by atoms with Crippen LogP contribution in [0.1, 0.15) is 48.1 Å². The average Bonchev–Trinajstić information content (AvgIpc) is 2.80. The van der Waals surface area contributed by atoms with Gasteiger partial charge in [-0.2, -0.15) is 17.5 Å². The minimum absolute atomic E-state index is 0.101. The number of rotatable bonds is 7. The quantitative estimate of drug-likeness (QED) is 0.504. The second kappa shape index (κ2) is 9.79. The maximum atomic E-state index is 13.5. The number of fused-ring (bicyclic) bond motifs is 1. The molecule has 0 saturated heterocycles. The zero-order valence-electron chi connectivity index (χ0n) is 19.1. The Morgan fingerprint density at radius 1 is 1.24 bits per heavy atom. The van der Waals surface area contributed by atoms with Crippen molar-refractivity contribution in [2.75, 3.05) is 20.8 Å². The first-order chi connectivity index (χ1) is 15.9. The van der Waals surface area contributed by atoms with E-state index in [2.05, 4.69) is 11.3 Å². The number of benzene rings is 2. The monoisotopic (exact) mass is 497 g/mol. The highest BCUT2D eigenvalue weighted by Crippen LogP contribution is 2.41. The molecular formula is C24H26F3NO5S. The van der Waals surface area contributed by atoms with Gasteiger partial charge in [-0.15, -0.1) is 0 Å². The lowest BCUT2D eigenvalue weighted by molar-refractivity contribution is -0.143. The van der Waals surface area contributed by atoms with Crippen molar-refractivity contribution >= 4 is 21.6 Å². The van der Waals surface area contributed by atoms with Crippen LogP contribution in [-0.4, -0.2) is 39.5 Å². The van der Waals surface area contributed by atoms with Gasteiger partial charge in [-0.05, 0) is 67.1 Å². The van der Waals surface area contributed by atoms with Gasteiger partial charge >= 0.3 is 12.1 Å². The molecule has 6 nitrogen and oxygen atoms in total. The molecule has 0 bridgehead atoms. The van der Waals surface area contributed by atoms with Crippen molar-refractivity contribution < 1.29 is 35.9 Å². The molecule has 184 valence electrons. The zero-order valence-corrected chi connectivity index (χ0v) is 19.9. The average molecular weight is 498 g/mol. The van der Waals surface area contributed by atoms with Gasteiger partial charge in [0, 0.05) is 7.05 Å². The smallest absolute Gasteiger partial charge is 0.416 e. The van der Waals surface area contributed by atoms with Gasteiger partial charge in [-0.25, -0.2) is 13.2 Å². The van der Waals surface area contributed by atoms with Crippen molar-refractivity contribution in [3.63, 3.8) is 0 Å². The first-order valence-electron chi connectivity index (χ1n) is 10.5. The highest BCUT2D eigenvalue weighted by molar-refractivity contribution is 7.89. The SMILES string of the molecule is C=C(C)c1cc(C(F)(F)F)cc(S(=O)(=O)N(C)C2CCCc3c(OCC(=O)OC)cccc32)c1. The third-order valence-corrected chi connectivity index (χ3v) is 7.69. The lowest BCUT2D eigenvalue weighted by Gasteiger charge is -2.33. The van der Waals surface area contributed by atoms with E-state index in [4.69, 9.17) is 4.74 Å². The van der Waals surface area contributed by atoms with Crippen molar-refractivity contribution in [3.05, 3.63) is 65.2 Å². The Hall–Kier alpha value is -2.85. The van der Waals surface area contributed by atoms with Gasteiger partial charge in [-0.1, -0.05) is 24.3 Å². The lowest BCUT2D eigenvalue weighted by atomic mass is 9.87. The minimum atomic E-state index is -4.71. The van der Waals surface area contributed by atoms with Gasteiger partial charge in [-0.3, -0.25) is 0 Å². The molecule has 2 aromatic rings. The number of allylic oxidation sites excluding steroid dienone is 1. The molecule has 0 fully saturated rings. The molecule has 1 atom stereocenters. The zero-order chi connectivity index (χ0) is 25.3. The molecule has 0 N–H and O–H groups in total. The Bertz CT molecular complexity index is 1210. The lowest BCUT2D eigenvalue weighted by Crippen LogP contribution is -2.33. The fraction of sp³-hybridized carbons (Fsp3) is 0.375.